The number of nitrogens with one attached hydrogen (secondary N) is 1. The Labute approximate surface area is 128 Å². The predicted molar refractivity (Wildman–Crippen MR) is 86.2 cm³/mol. The number of esters is 1. The number of nitrogens with zero attached hydrogens (tertiary/aromatic N) is 1. The number of carbonyl (C=O) groups excluding carboxylic acids is 1. The largest absolute Gasteiger partial charge is 0.467 e. The van der Waals surface area contributed by atoms with E-state index in [4.69, 9.17) is 4.74 Å². The van der Waals surface area contributed by atoms with Crippen LogP contribution < -0.4 is 5.32 Å². The summed E-state index contributed by atoms with van der Waals surface area (Å²) in [5.41, 5.74) is 0.119. The minimum absolute atomic E-state index is 0.244. The number of likely N-dealkylation sites (N-methyl/N-ethyl adjacent to an activating group) is 2. The Balaban J connectivity index is 3.09. The van der Waals surface area contributed by atoms with Gasteiger partial charge in [0.15, 0.2) is 5.54 Å². The van der Waals surface area contributed by atoms with Gasteiger partial charge in [0.2, 0.25) is 0 Å². The van der Waals surface area contributed by atoms with Crippen LogP contribution in [0.3, 0.4) is 0 Å². The topological polar surface area (TPSA) is 41.6 Å². The fourth-order valence-electron chi connectivity index (χ4n) is 2.56. The lowest BCUT2D eigenvalue weighted by Gasteiger charge is -2.36. The third-order valence-electron chi connectivity index (χ3n) is 3.96. The highest BCUT2D eigenvalue weighted by Crippen LogP contribution is 2.24. The molecule has 1 aromatic rings. The summed E-state index contributed by atoms with van der Waals surface area (Å²) >= 11 is 0. The van der Waals surface area contributed by atoms with Crippen LogP contribution in [0.2, 0.25) is 0 Å². The van der Waals surface area contributed by atoms with Crippen LogP contribution in [0.5, 0.6) is 0 Å². The lowest BCUT2D eigenvalue weighted by Crippen LogP contribution is -2.55. The van der Waals surface area contributed by atoms with Crippen LogP contribution in [0.4, 0.5) is 0 Å². The first kappa shape index (κ1) is 17.7. The van der Waals surface area contributed by atoms with Gasteiger partial charge >= 0.3 is 5.97 Å². The fourth-order valence-corrected chi connectivity index (χ4v) is 2.56. The molecule has 0 saturated carbocycles. The Hall–Kier alpha value is -1.39. The lowest BCUT2D eigenvalue weighted by molar-refractivity contribution is -0.150. The standard InChI is InChI=1S/C17H28N2O2/c1-5-7-13-19(6-2)14-17(18-3,16(20)21-4)15-11-9-8-10-12-15/h8-12,18H,5-7,13-14H2,1-4H3. The predicted octanol–water partition coefficient (Wildman–Crippen LogP) is 2.40. The average Bonchev–Trinajstić information content (AvgIpc) is 2.55. The molecule has 0 fully saturated rings. The van der Waals surface area contributed by atoms with Crippen molar-refractivity contribution in [2.75, 3.05) is 33.8 Å². The maximum Gasteiger partial charge on any atom is 0.332 e. The van der Waals surface area contributed by atoms with Gasteiger partial charge in [0.1, 0.15) is 0 Å². The van der Waals surface area contributed by atoms with Crippen LogP contribution in [0.25, 0.3) is 0 Å². The van der Waals surface area contributed by atoms with Gasteiger partial charge in [-0.25, -0.2) is 4.79 Å². The second kappa shape index (κ2) is 8.80. The molecule has 0 saturated heterocycles. The maximum absolute atomic E-state index is 12.5. The first-order valence-electron chi connectivity index (χ1n) is 7.69. The van der Waals surface area contributed by atoms with Crippen molar-refractivity contribution in [2.45, 2.75) is 32.2 Å². The SMILES string of the molecule is CCCCN(CC)CC(NC)(C(=O)OC)c1ccccc1. The van der Waals surface area contributed by atoms with Gasteiger partial charge in [0.25, 0.3) is 0 Å². The molecule has 0 heterocycles. The number of methoxy groups -OCH3 is 1. The molecule has 21 heavy (non-hydrogen) atoms. The summed E-state index contributed by atoms with van der Waals surface area (Å²) in [7, 11) is 3.26. The Morgan fingerprint density at radius 1 is 1.29 bits per heavy atom. The molecule has 0 aromatic heterocycles. The molecule has 1 unspecified atom stereocenters. The zero-order chi connectivity index (χ0) is 15.7. The van der Waals surface area contributed by atoms with E-state index in [1.54, 1.807) is 0 Å². The highest BCUT2D eigenvalue weighted by molar-refractivity contribution is 5.83. The Kier molecular flexibility index (Phi) is 7.40. The second-order valence-corrected chi connectivity index (χ2v) is 5.24. The summed E-state index contributed by atoms with van der Waals surface area (Å²) in [6.45, 7) is 6.80. The van der Waals surface area contributed by atoms with Gasteiger partial charge in [-0.05, 0) is 32.1 Å². The molecule has 4 heteroatoms. The Morgan fingerprint density at radius 2 is 1.95 bits per heavy atom. The van der Waals surface area contributed by atoms with Crippen LogP contribution >= 0.6 is 0 Å². The van der Waals surface area contributed by atoms with Crippen molar-refractivity contribution < 1.29 is 9.53 Å². The molecular formula is C17H28N2O2. The van der Waals surface area contributed by atoms with E-state index in [2.05, 4.69) is 24.1 Å². The first-order chi connectivity index (χ1) is 10.1. The van der Waals surface area contributed by atoms with Gasteiger partial charge in [-0.15, -0.1) is 0 Å². The average molecular weight is 292 g/mol. The van der Waals surface area contributed by atoms with Crippen LogP contribution in [-0.2, 0) is 15.1 Å². The summed E-state index contributed by atoms with van der Waals surface area (Å²) < 4.78 is 5.08. The monoisotopic (exact) mass is 292 g/mol. The molecule has 1 N–H and O–H groups in total. The van der Waals surface area contributed by atoms with Crippen LogP contribution in [0.1, 0.15) is 32.3 Å². The number of ether oxygens (including phenoxy) is 1. The number of hydrogen-bond acceptors (Lipinski definition) is 4. The van der Waals surface area contributed by atoms with Crippen LogP contribution in [0.15, 0.2) is 30.3 Å². The molecule has 4 nitrogen and oxygen atoms in total. The van der Waals surface area contributed by atoms with Crippen LogP contribution in [-0.4, -0.2) is 44.7 Å². The van der Waals surface area contributed by atoms with Crippen molar-refractivity contribution in [1.82, 2.24) is 10.2 Å². The molecule has 0 radical (unpaired) electrons. The third-order valence-corrected chi connectivity index (χ3v) is 3.96. The quantitative estimate of drug-likeness (QED) is 0.710. The molecule has 0 aliphatic carbocycles. The van der Waals surface area contributed by atoms with Gasteiger partial charge in [-0.2, -0.15) is 0 Å². The molecule has 0 amide bonds. The van der Waals surface area contributed by atoms with E-state index < -0.39 is 5.54 Å². The normalized spacial score (nSPS) is 14.0. The molecule has 0 bridgehead atoms. The number of carbonyl (C=O) groups is 1. The number of hydrogen-bond donors (Lipinski definition) is 1. The highest BCUT2D eigenvalue weighted by Gasteiger charge is 2.41. The van der Waals surface area contributed by atoms with Crippen molar-refractivity contribution in [2.24, 2.45) is 0 Å². The molecule has 118 valence electrons. The third kappa shape index (κ3) is 4.29. The molecule has 0 aliphatic rings. The van der Waals surface area contributed by atoms with Gasteiger partial charge in [-0.3, -0.25) is 0 Å². The summed E-state index contributed by atoms with van der Waals surface area (Å²) in [6.07, 6.45) is 2.27. The minimum Gasteiger partial charge on any atom is -0.467 e. The Morgan fingerprint density at radius 3 is 2.43 bits per heavy atom. The smallest absolute Gasteiger partial charge is 0.332 e. The zero-order valence-corrected chi connectivity index (χ0v) is 13.7. The van der Waals surface area contributed by atoms with Gasteiger partial charge in [0.05, 0.1) is 7.11 Å². The summed E-state index contributed by atoms with van der Waals surface area (Å²) in [4.78, 5) is 14.8. The second-order valence-electron chi connectivity index (χ2n) is 5.24. The van der Waals surface area contributed by atoms with Crippen molar-refractivity contribution >= 4 is 5.97 Å². The van der Waals surface area contributed by atoms with Gasteiger partial charge < -0.3 is 15.0 Å². The molecule has 1 rings (SSSR count). The summed E-state index contributed by atoms with van der Waals surface area (Å²) in [5, 5.41) is 3.21. The maximum atomic E-state index is 12.5. The van der Waals surface area contributed by atoms with E-state index in [-0.39, 0.29) is 5.97 Å². The van der Waals surface area contributed by atoms with Crippen molar-refractivity contribution in [3.63, 3.8) is 0 Å². The molecule has 0 aliphatic heterocycles. The number of benzene rings is 1. The Bertz CT molecular complexity index is 422. The van der Waals surface area contributed by atoms with E-state index in [1.165, 1.54) is 7.11 Å². The molecule has 1 aromatic carbocycles. The van der Waals surface area contributed by atoms with E-state index in [0.29, 0.717) is 6.54 Å². The van der Waals surface area contributed by atoms with Crippen molar-refractivity contribution in [3.8, 4) is 0 Å². The van der Waals surface area contributed by atoms with E-state index in [0.717, 1.165) is 31.5 Å². The first-order valence-corrected chi connectivity index (χ1v) is 7.69. The van der Waals surface area contributed by atoms with E-state index >= 15 is 0 Å². The van der Waals surface area contributed by atoms with Gasteiger partial charge in [0, 0.05) is 6.54 Å². The van der Waals surface area contributed by atoms with Crippen molar-refractivity contribution in [1.29, 1.82) is 0 Å². The zero-order valence-electron chi connectivity index (χ0n) is 13.7. The number of rotatable bonds is 9. The molecular weight excluding hydrogens is 264 g/mol. The number of unbranched alkanes of at least 4 members (excludes halogenated alkanes) is 1. The fraction of sp³-hybridized carbons (Fsp3) is 0.588. The summed E-state index contributed by atoms with van der Waals surface area (Å²) in [5.74, 6) is -0.244. The van der Waals surface area contributed by atoms with Gasteiger partial charge in [-0.1, -0.05) is 50.6 Å². The minimum atomic E-state index is -0.820. The van der Waals surface area contributed by atoms with Crippen molar-refractivity contribution in [3.05, 3.63) is 35.9 Å². The van der Waals surface area contributed by atoms with E-state index in [9.17, 15) is 4.79 Å². The van der Waals surface area contributed by atoms with E-state index in [1.807, 2.05) is 37.4 Å². The lowest BCUT2D eigenvalue weighted by atomic mass is 9.89. The molecule has 1 atom stereocenters. The van der Waals surface area contributed by atoms with Crippen LogP contribution in [0, 0.1) is 0 Å². The molecule has 0 spiro atoms. The highest BCUT2D eigenvalue weighted by atomic mass is 16.5. The summed E-state index contributed by atoms with van der Waals surface area (Å²) in [6, 6.07) is 9.80.